The number of anilines is 1. The highest BCUT2D eigenvalue weighted by Crippen LogP contribution is 2.29. The second kappa shape index (κ2) is 10.9. The van der Waals surface area contributed by atoms with E-state index in [1.807, 2.05) is 0 Å². The summed E-state index contributed by atoms with van der Waals surface area (Å²) < 4.78 is 37.6. The standard InChI is InChI=1S/C22H18F2N4O7/c1-2-34-17-9-12(4-8-18-26-21(30)20(28(32)33)22(31)27-18)3-7-16(17)35-11-19(29)25-15-6-5-13(23)10-14(15)24/h3-10H,2,11H2,1H3,(H,25,29)(H2,26,27,30,31)/b8-4+. The first-order valence-corrected chi connectivity index (χ1v) is 9.98. The molecule has 35 heavy (non-hydrogen) atoms. The van der Waals surface area contributed by atoms with Crippen LogP contribution in [0.2, 0.25) is 0 Å². The van der Waals surface area contributed by atoms with E-state index in [1.54, 1.807) is 19.1 Å². The first kappa shape index (κ1) is 24.8. The van der Waals surface area contributed by atoms with Gasteiger partial charge in [0.15, 0.2) is 18.1 Å². The second-order valence-corrected chi connectivity index (χ2v) is 6.81. The summed E-state index contributed by atoms with van der Waals surface area (Å²) in [6, 6.07) is 7.36. The number of carbonyl (C=O) groups excluding carboxylic acids is 1. The molecule has 1 heterocycles. The molecular formula is C22H18F2N4O7. The zero-order valence-electron chi connectivity index (χ0n) is 18.1. The fourth-order valence-corrected chi connectivity index (χ4v) is 2.83. The van der Waals surface area contributed by atoms with Crippen molar-refractivity contribution in [2.45, 2.75) is 6.92 Å². The van der Waals surface area contributed by atoms with Crippen molar-refractivity contribution < 1.29 is 33.1 Å². The number of nitrogens with zero attached hydrogens (tertiary/aromatic N) is 2. The van der Waals surface area contributed by atoms with Crippen molar-refractivity contribution in [1.82, 2.24) is 9.97 Å². The predicted molar refractivity (Wildman–Crippen MR) is 120 cm³/mol. The molecule has 11 nitrogen and oxygen atoms in total. The molecule has 0 bridgehead atoms. The van der Waals surface area contributed by atoms with Gasteiger partial charge in [-0.3, -0.25) is 19.7 Å². The van der Waals surface area contributed by atoms with E-state index in [0.717, 1.165) is 12.1 Å². The van der Waals surface area contributed by atoms with E-state index in [2.05, 4.69) is 15.3 Å². The third-order valence-electron chi connectivity index (χ3n) is 4.34. The average Bonchev–Trinajstić information content (AvgIpc) is 2.78. The minimum absolute atomic E-state index is 0.124. The lowest BCUT2D eigenvalue weighted by Crippen LogP contribution is -2.21. The summed E-state index contributed by atoms with van der Waals surface area (Å²) in [5.74, 6) is -3.06. The normalized spacial score (nSPS) is 10.8. The highest BCUT2D eigenvalue weighted by Gasteiger charge is 2.21. The molecule has 1 aromatic heterocycles. The molecule has 3 N–H and O–H groups in total. The summed E-state index contributed by atoms with van der Waals surface area (Å²) in [6.45, 7) is 1.51. The van der Waals surface area contributed by atoms with Crippen LogP contribution in [-0.2, 0) is 4.79 Å². The number of aromatic hydroxyl groups is 1. The molecule has 0 atom stereocenters. The van der Waals surface area contributed by atoms with E-state index >= 15 is 0 Å². The Bertz CT molecular complexity index is 1360. The van der Waals surface area contributed by atoms with Gasteiger partial charge >= 0.3 is 11.2 Å². The number of aromatic amines is 1. The molecule has 0 saturated carbocycles. The van der Waals surface area contributed by atoms with Crippen molar-refractivity contribution >= 4 is 29.4 Å². The molecule has 2 aromatic carbocycles. The molecule has 0 spiro atoms. The largest absolute Gasteiger partial charge is 0.490 e. The van der Waals surface area contributed by atoms with Gasteiger partial charge in [0.2, 0.25) is 0 Å². The molecule has 3 rings (SSSR count). The topological polar surface area (TPSA) is 157 Å². The van der Waals surface area contributed by atoms with Gasteiger partial charge in [0.25, 0.3) is 11.8 Å². The van der Waals surface area contributed by atoms with Crippen molar-refractivity contribution in [3.63, 3.8) is 0 Å². The minimum atomic E-state index is -1.11. The Morgan fingerprint density at radius 1 is 1.20 bits per heavy atom. The lowest BCUT2D eigenvalue weighted by Gasteiger charge is -2.13. The number of rotatable bonds is 9. The third kappa shape index (κ3) is 6.37. The Balaban J connectivity index is 1.72. The van der Waals surface area contributed by atoms with Gasteiger partial charge in [0.1, 0.15) is 17.5 Å². The van der Waals surface area contributed by atoms with Crippen LogP contribution in [0.1, 0.15) is 18.3 Å². The van der Waals surface area contributed by atoms with Crippen LogP contribution in [0.15, 0.2) is 41.2 Å². The number of H-pyrrole nitrogens is 1. The van der Waals surface area contributed by atoms with Crippen LogP contribution in [0.4, 0.5) is 20.2 Å². The summed E-state index contributed by atoms with van der Waals surface area (Å²) >= 11 is 0. The van der Waals surface area contributed by atoms with Crippen molar-refractivity contribution in [1.29, 1.82) is 0 Å². The van der Waals surface area contributed by atoms with E-state index < -0.39 is 46.2 Å². The summed E-state index contributed by atoms with van der Waals surface area (Å²) in [7, 11) is 0. The zero-order valence-corrected chi connectivity index (χ0v) is 18.1. The lowest BCUT2D eigenvalue weighted by atomic mass is 10.2. The number of nitro groups is 1. The molecule has 0 unspecified atom stereocenters. The van der Waals surface area contributed by atoms with E-state index in [1.165, 1.54) is 18.2 Å². The second-order valence-electron chi connectivity index (χ2n) is 6.81. The maximum absolute atomic E-state index is 13.7. The molecule has 0 aliphatic carbocycles. The number of aromatic nitrogens is 2. The molecule has 0 radical (unpaired) electrons. The van der Waals surface area contributed by atoms with E-state index in [9.17, 15) is 33.6 Å². The maximum atomic E-state index is 13.7. The van der Waals surface area contributed by atoms with Crippen LogP contribution < -0.4 is 20.3 Å². The predicted octanol–water partition coefficient (Wildman–Crippen LogP) is 3.25. The van der Waals surface area contributed by atoms with Gasteiger partial charge in [0, 0.05) is 6.07 Å². The summed E-state index contributed by atoms with van der Waals surface area (Å²) in [5.41, 5.74) is -1.83. The van der Waals surface area contributed by atoms with Crippen LogP contribution in [0.3, 0.4) is 0 Å². The van der Waals surface area contributed by atoms with Gasteiger partial charge in [-0.1, -0.05) is 12.1 Å². The number of amides is 1. The summed E-state index contributed by atoms with van der Waals surface area (Å²) in [5, 5.41) is 22.6. The fourth-order valence-electron chi connectivity index (χ4n) is 2.83. The maximum Gasteiger partial charge on any atom is 0.395 e. The molecule has 3 aromatic rings. The van der Waals surface area contributed by atoms with Crippen molar-refractivity contribution in [2.75, 3.05) is 18.5 Å². The number of hydrogen-bond acceptors (Lipinski definition) is 8. The van der Waals surface area contributed by atoms with Crippen LogP contribution in [0.25, 0.3) is 12.2 Å². The molecule has 0 fully saturated rings. The lowest BCUT2D eigenvalue weighted by molar-refractivity contribution is -0.387. The van der Waals surface area contributed by atoms with Gasteiger partial charge in [-0.15, -0.1) is 0 Å². The van der Waals surface area contributed by atoms with Crippen molar-refractivity contribution in [2.24, 2.45) is 0 Å². The first-order valence-electron chi connectivity index (χ1n) is 9.98. The number of benzene rings is 2. The van der Waals surface area contributed by atoms with Crippen molar-refractivity contribution in [3.8, 4) is 17.4 Å². The summed E-state index contributed by atoms with van der Waals surface area (Å²) in [4.78, 5) is 39.3. The van der Waals surface area contributed by atoms with Crippen LogP contribution in [0.5, 0.6) is 17.4 Å². The van der Waals surface area contributed by atoms with Gasteiger partial charge < -0.3 is 24.9 Å². The molecule has 13 heteroatoms. The highest BCUT2D eigenvalue weighted by molar-refractivity contribution is 5.92. The number of halogens is 2. The van der Waals surface area contributed by atoms with Gasteiger partial charge in [-0.25, -0.2) is 8.78 Å². The van der Waals surface area contributed by atoms with Gasteiger partial charge in [-0.05, 0) is 42.8 Å². The van der Waals surface area contributed by atoms with E-state index in [4.69, 9.17) is 9.47 Å². The Morgan fingerprint density at radius 2 is 1.97 bits per heavy atom. The van der Waals surface area contributed by atoms with Gasteiger partial charge in [0.05, 0.1) is 17.2 Å². The SMILES string of the molecule is CCOc1cc(/C=C/c2nc(O)c([N+](=O)[O-])c(=O)[nH]2)ccc1OCC(=O)Nc1ccc(F)cc1F. The summed E-state index contributed by atoms with van der Waals surface area (Å²) in [6.07, 6.45) is 2.79. The number of ether oxygens (including phenoxy) is 2. The molecule has 182 valence electrons. The average molecular weight is 488 g/mol. The van der Waals surface area contributed by atoms with E-state index in [0.29, 0.717) is 11.6 Å². The Hall–Kier alpha value is -4.81. The monoisotopic (exact) mass is 488 g/mol. The Morgan fingerprint density at radius 3 is 2.63 bits per heavy atom. The third-order valence-corrected chi connectivity index (χ3v) is 4.34. The Kier molecular flexibility index (Phi) is 7.71. The zero-order chi connectivity index (χ0) is 25.5. The minimum Gasteiger partial charge on any atom is -0.490 e. The fraction of sp³-hybridized carbons (Fsp3) is 0.136. The van der Waals surface area contributed by atoms with Crippen LogP contribution in [0, 0.1) is 21.7 Å². The molecule has 0 aliphatic heterocycles. The van der Waals surface area contributed by atoms with E-state index in [-0.39, 0.29) is 29.6 Å². The number of hydrogen-bond donors (Lipinski definition) is 3. The van der Waals surface area contributed by atoms with Gasteiger partial charge in [-0.2, -0.15) is 4.98 Å². The quantitative estimate of drug-likeness (QED) is 0.306. The Labute approximate surface area is 195 Å². The smallest absolute Gasteiger partial charge is 0.395 e. The number of nitrogens with one attached hydrogen (secondary N) is 2. The number of carbonyl (C=O) groups is 1. The molecule has 0 saturated heterocycles. The molecule has 1 amide bonds. The van der Waals surface area contributed by atoms with Crippen LogP contribution >= 0.6 is 0 Å². The molecule has 0 aliphatic rings. The van der Waals surface area contributed by atoms with Crippen LogP contribution in [-0.4, -0.2) is 39.1 Å². The van der Waals surface area contributed by atoms with Crippen molar-refractivity contribution in [3.05, 3.63) is 79.9 Å². The highest BCUT2D eigenvalue weighted by atomic mass is 19.1. The molecular weight excluding hydrogens is 470 g/mol. The first-order chi connectivity index (χ1) is 16.7.